The molecule has 0 aliphatic heterocycles. The van der Waals surface area contributed by atoms with Crippen molar-refractivity contribution in [2.75, 3.05) is 7.11 Å². The van der Waals surface area contributed by atoms with Crippen molar-refractivity contribution < 1.29 is 9.13 Å². The molecule has 1 unspecified atom stereocenters. The molecule has 1 aromatic heterocycles. The zero-order valence-electron chi connectivity index (χ0n) is 10.0. The van der Waals surface area contributed by atoms with Gasteiger partial charge in [0.15, 0.2) is 0 Å². The number of halogens is 1. The number of ether oxygens (including phenoxy) is 1. The summed E-state index contributed by atoms with van der Waals surface area (Å²) >= 11 is 0. The first-order valence-corrected chi connectivity index (χ1v) is 5.55. The van der Waals surface area contributed by atoms with E-state index in [4.69, 9.17) is 10.5 Å². The van der Waals surface area contributed by atoms with Crippen LogP contribution in [0.15, 0.2) is 36.7 Å². The highest BCUT2D eigenvalue weighted by Gasteiger charge is 2.10. The monoisotopic (exact) mass is 247 g/mol. The van der Waals surface area contributed by atoms with Gasteiger partial charge in [-0.3, -0.25) is 0 Å². The van der Waals surface area contributed by atoms with E-state index >= 15 is 0 Å². The van der Waals surface area contributed by atoms with Crippen molar-refractivity contribution in [3.8, 4) is 5.88 Å². The molecule has 0 amide bonds. The summed E-state index contributed by atoms with van der Waals surface area (Å²) in [4.78, 5) is 8.03. The van der Waals surface area contributed by atoms with Crippen molar-refractivity contribution >= 4 is 0 Å². The number of methoxy groups -OCH3 is 1. The normalized spacial score (nSPS) is 12.2. The lowest BCUT2D eigenvalue weighted by Crippen LogP contribution is -2.15. The lowest BCUT2D eigenvalue weighted by atomic mass is 10.0. The summed E-state index contributed by atoms with van der Waals surface area (Å²) in [6.07, 6.45) is 2.00. The van der Waals surface area contributed by atoms with Crippen LogP contribution in [0.1, 0.15) is 17.3 Å². The molecule has 0 radical (unpaired) electrons. The van der Waals surface area contributed by atoms with E-state index in [0.717, 1.165) is 5.56 Å². The first-order chi connectivity index (χ1) is 8.69. The fourth-order valence-electron chi connectivity index (χ4n) is 1.65. The average molecular weight is 247 g/mol. The Labute approximate surface area is 105 Å². The largest absolute Gasteiger partial charge is 0.481 e. The molecule has 0 bridgehead atoms. The predicted molar refractivity (Wildman–Crippen MR) is 65.6 cm³/mol. The number of aromatic nitrogens is 2. The molecular weight excluding hydrogens is 233 g/mol. The summed E-state index contributed by atoms with van der Waals surface area (Å²) < 4.78 is 17.8. The fraction of sp³-hybridized carbons (Fsp3) is 0.231. The zero-order chi connectivity index (χ0) is 13.0. The van der Waals surface area contributed by atoms with Gasteiger partial charge in [-0.2, -0.15) is 0 Å². The molecule has 0 saturated carbocycles. The van der Waals surface area contributed by atoms with Crippen LogP contribution in [0.5, 0.6) is 5.88 Å². The Balaban J connectivity index is 2.11. The number of hydrogen-bond acceptors (Lipinski definition) is 4. The van der Waals surface area contributed by atoms with E-state index in [1.807, 2.05) is 0 Å². The van der Waals surface area contributed by atoms with Crippen LogP contribution in [-0.4, -0.2) is 17.1 Å². The second kappa shape index (κ2) is 5.55. The third-order valence-corrected chi connectivity index (χ3v) is 2.62. The molecule has 1 aromatic carbocycles. The van der Waals surface area contributed by atoms with Gasteiger partial charge in [-0.25, -0.2) is 14.4 Å². The van der Waals surface area contributed by atoms with Crippen LogP contribution in [0.4, 0.5) is 4.39 Å². The number of rotatable bonds is 4. The highest BCUT2D eigenvalue weighted by Crippen LogP contribution is 2.17. The quantitative estimate of drug-likeness (QED) is 0.895. The first kappa shape index (κ1) is 12.4. The van der Waals surface area contributed by atoms with Crippen LogP contribution in [0.2, 0.25) is 0 Å². The van der Waals surface area contributed by atoms with Gasteiger partial charge in [0.1, 0.15) is 12.1 Å². The highest BCUT2D eigenvalue weighted by molar-refractivity contribution is 5.21. The molecule has 0 aliphatic rings. The van der Waals surface area contributed by atoms with Crippen LogP contribution in [0, 0.1) is 5.82 Å². The van der Waals surface area contributed by atoms with Crippen LogP contribution >= 0.6 is 0 Å². The van der Waals surface area contributed by atoms with E-state index in [2.05, 4.69) is 9.97 Å². The highest BCUT2D eigenvalue weighted by atomic mass is 19.1. The summed E-state index contributed by atoms with van der Waals surface area (Å²) in [5, 5.41) is 0. The zero-order valence-corrected chi connectivity index (χ0v) is 10.0. The lowest BCUT2D eigenvalue weighted by Gasteiger charge is -2.11. The number of nitrogens with zero attached hydrogens (tertiary/aromatic N) is 2. The summed E-state index contributed by atoms with van der Waals surface area (Å²) in [6.45, 7) is 0. The van der Waals surface area contributed by atoms with Gasteiger partial charge in [0.2, 0.25) is 5.88 Å². The molecular formula is C13H14FN3O. The molecule has 0 spiro atoms. The van der Waals surface area contributed by atoms with Crippen LogP contribution in [-0.2, 0) is 6.42 Å². The van der Waals surface area contributed by atoms with E-state index < -0.39 is 0 Å². The Hall–Kier alpha value is -2.01. The van der Waals surface area contributed by atoms with Gasteiger partial charge in [0.25, 0.3) is 0 Å². The Morgan fingerprint density at radius 1 is 1.28 bits per heavy atom. The minimum atomic E-state index is -0.271. The standard InChI is InChI=1S/C13H14FN3O/c1-18-13-7-12(16-8-17-13)11(15)6-9-2-4-10(14)5-3-9/h2-5,7-8,11H,6,15H2,1H3. The third kappa shape index (κ3) is 3.01. The number of nitrogens with two attached hydrogens (primary N) is 1. The topological polar surface area (TPSA) is 61.0 Å². The van der Waals surface area contributed by atoms with Crippen LogP contribution < -0.4 is 10.5 Å². The van der Waals surface area contributed by atoms with Crippen molar-refractivity contribution in [1.29, 1.82) is 0 Å². The van der Waals surface area contributed by atoms with E-state index in [1.165, 1.54) is 25.6 Å². The molecule has 2 rings (SSSR count). The average Bonchev–Trinajstić information content (AvgIpc) is 2.41. The molecule has 4 nitrogen and oxygen atoms in total. The number of benzene rings is 1. The van der Waals surface area contributed by atoms with Gasteiger partial charge < -0.3 is 10.5 Å². The van der Waals surface area contributed by atoms with E-state index in [9.17, 15) is 4.39 Å². The maximum Gasteiger partial charge on any atom is 0.216 e. The van der Waals surface area contributed by atoms with Gasteiger partial charge >= 0.3 is 0 Å². The summed E-state index contributed by atoms with van der Waals surface area (Å²) in [6, 6.07) is 7.70. The SMILES string of the molecule is COc1cc(C(N)Cc2ccc(F)cc2)ncn1. The molecule has 2 aromatic rings. The van der Waals surface area contributed by atoms with Crippen molar-refractivity contribution in [3.05, 3.63) is 53.7 Å². The van der Waals surface area contributed by atoms with E-state index in [-0.39, 0.29) is 11.9 Å². The molecule has 1 atom stereocenters. The van der Waals surface area contributed by atoms with Crippen molar-refractivity contribution in [2.45, 2.75) is 12.5 Å². The second-order valence-corrected chi connectivity index (χ2v) is 3.92. The molecule has 2 N–H and O–H groups in total. The fourth-order valence-corrected chi connectivity index (χ4v) is 1.65. The maximum absolute atomic E-state index is 12.8. The van der Waals surface area contributed by atoms with Gasteiger partial charge in [-0.05, 0) is 24.1 Å². The molecule has 0 aliphatic carbocycles. The Bertz CT molecular complexity index is 516. The van der Waals surface area contributed by atoms with Gasteiger partial charge in [0, 0.05) is 6.07 Å². The minimum Gasteiger partial charge on any atom is -0.481 e. The Morgan fingerprint density at radius 2 is 2.00 bits per heavy atom. The van der Waals surface area contributed by atoms with E-state index in [1.54, 1.807) is 18.2 Å². The maximum atomic E-state index is 12.8. The Kier molecular flexibility index (Phi) is 3.84. The summed E-state index contributed by atoms with van der Waals surface area (Å²) in [5.74, 6) is 0.227. The lowest BCUT2D eigenvalue weighted by molar-refractivity contribution is 0.395. The van der Waals surface area contributed by atoms with Crippen LogP contribution in [0.25, 0.3) is 0 Å². The minimum absolute atomic E-state index is 0.254. The van der Waals surface area contributed by atoms with Gasteiger partial charge in [-0.1, -0.05) is 12.1 Å². The number of hydrogen-bond donors (Lipinski definition) is 1. The molecule has 0 fully saturated rings. The molecule has 5 heteroatoms. The third-order valence-electron chi connectivity index (χ3n) is 2.62. The Morgan fingerprint density at radius 3 is 2.67 bits per heavy atom. The molecule has 18 heavy (non-hydrogen) atoms. The molecule has 0 saturated heterocycles. The van der Waals surface area contributed by atoms with Crippen molar-refractivity contribution in [2.24, 2.45) is 5.73 Å². The van der Waals surface area contributed by atoms with Gasteiger partial charge in [-0.15, -0.1) is 0 Å². The van der Waals surface area contributed by atoms with E-state index in [0.29, 0.717) is 18.0 Å². The summed E-state index contributed by atoms with van der Waals surface area (Å²) in [5.41, 5.74) is 7.71. The molecule has 94 valence electrons. The molecule has 1 heterocycles. The van der Waals surface area contributed by atoms with Crippen LogP contribution in [0.3, 0.4) is 0 Å². The van der Waals surface area contributed by atoms with Crippen molar-refractivity contribution in [3.63, 3.8) is 0 Å². The second-order valence-electron chi connectivity index (χ2n) is 3.92. The van der Waals surface area contributed by atoms with Crippen molar-refractivity contribution in [1.82, 2.24) is 9.97 Å². The smallest absolute Gasteiger partial charge is 0.216 e. The summed E-state index contributed by atoms with van der Waals surface area (Å²) in [7, 11) is 1.54. The predicted octanol–water partition coefficient (Wildman–Crippen LogP) is 1.87. The first-order valence-electron chi connectivity index (χ1n) is 5.55. The van der Waals surface area contributed by atoms with Gasteiger partial charge in [0.05, 0.1) is 18.8 Å².